The predicted octanol–water partition coefficient (Wildman–Crippen LogP) is 1.15. The maximum atomic E-state index is 8.70. The third kappa shape index (κ3) is 2.80. The Balaban J connectivity index is 2.14. The van der Waals surface area contributed by atoms with Crippen molar-refractivity contribution >= 4 is 0 Å². The summed E-state index contributed by atoms with van der Waals surface area (Å²) < 4.78 is 0. The van der Waals surface area contributed by atoms with Crippen molar-refractivity contribution in [3.63, 3.8) is 0 Å². The van der Waals surface area contributed by atoms with Gasteiger partial charge in [0.25, 0.3) is 0 Å². The van der Waals surface area contributed by atoms with Crippen molar-refractivity contribution in [1.82, 2.24) is 5.32 Å². The van der Waals surface area contributed by atoms with Crippen molar-refractivity contribution in [2.45, 2.75) is 38.6 Å². The molecule has 1 aliphatic rings. The molecule has 0 aliphatic carbocycles. The average molecular weight is 157 g/mol. The van der Waals surface area contributed by atoms with Gasteiger partial charge in [-0.2, -0.15) is 0 Å². The second-order valence-electron chi connectivity index (χ2n) is 3.47. The van der Waals surface area contributed by atoms with Crippen LogP contribution < -0.4 is 5.32 Å². The molecule has 0 bridgehead atoms. The molecule has 11 heavy (non-hydrogen) atoms. The normalized spacial score (nSPS) is 32.2. The molecule has 1 fully saturated rings. The molecule has 1 aliphatic heterocycles. The van der Waals surface area contributed by atoms with Crippen molar-refractivity contribution < 1.29 is 5.11 Å². The minimum Gasteiger partial charge on any atom is -0.396 e. The number of aliphatic hydroxyl groups is 1. The summed E-state index contributed by atoms with van der Waals surface area (Å²) in [5.74, 6) is 0.880. The van der Waals surface area contributed by atoms with Crippen molar-refractivity contribution in [1.29, 1.82) is 0 Å². The van der Waals surface area contributed by atoms with Crippen LogP contribution in [0, 0.1) is 5.92 Å². The Bertz CT molecular complexity index is 97.7. The Labute approximate surface area is 69.0 Å². The molecule has 0 unspecified atom stereocenters. The van der Waals surface area contributed by atoms with E-state index in [0.717, 1.165) is 18.9 Å². The van der Waals surface area contributed by atoms with Crippen molar-refractivity contribution in [3.8, 4) is 0 Å². The molecule has 1 rings (SSSR count). The van der Waals surface area contributed by atoms with Crippen LogP contribution in [0.3, 0.4) is 0 Å². The average Bonchev–Trinajstić information content (AvgIpc) is 2.07. The van der Waals surface area contributed by atoms with Gasteiger partial charge in [0.15, 0.2) is 0 Å². The highest BCUT2D eigenvalue weighted by Gasteiger charge is 2.17. The van der Waals surface area contributed by atoms with Gasteiger partial charge >= 0.3 is 0 Å². The van der Waals surface area contributed by atoms with Gasteiger partial charge < -0.3 is 10.4 Å². The van der Waals surface area contributed by atoms with Gasteiger partial charge in [-0.15, -0.1) is 0 Å². The minimum absolute atomic E-state index is 0.328. The number of nitrogens with one attached hydrogen (secondary N) is 1. The fourth-order valence-electron chi connectivity index (χ4n) is 1.73. The molecule has 0 spiro atoms. The molecular formula is C9H19NO. The van der Waals surface area contributed by atoms with Crippen LogP contribution in [0.15, 0.2) is 0 Å². The molecular weight excluding hydrogens is 138 g/mol. The van der Waals surface area contributed by atoms with Gasteiger partial charge in [-0.05, 0) is 31.7 Å². The third-order valence-electron chi connectivity index (χ3n) is 2.67. The van der Waals surface area contributed by atoms with Gasteiger partial charge in [-0.1, -0.05) is 13.3 Å². The first-order valence-electron chi connectivity index (χ1n) is 4.71. The smallest absolute Gasteiger partial charge is 0.0445 e. The minimum atomic E-state index is 0.328. The van der Waals surface area contributed by atoms with Gasteiger partial charge in [0.05, 0.1) is 0 Å². The van der Waals surface area contributed by atoms with Crippen LogP contribution in [0.25, 0.3) is 0 Å². The summed E-state index contributed by atoms with van der Waals surface area (Å²) >= 11 is 0. The Kier molecular flexibility index (Phi) is 3.87. The second-order valence-corrected chi connectivity index (χ2v) is 3.47. The number of aliphatic hydroxyl groups excluding tert-OH is 1. The molecule has 0 aromatic rings. The predicted molar refractivity (Wildman–Crippen MR) is 46.5 cm³/mol. The topological polar surface area (TPSA) is 32.3 Å². The van der Waals surface area contributed by atoms with E-state index in [0.29, 0.717) is 12.6 Å². The van der Waals surface area contributed by atoms with Crippen molar-refractivity contribution in [3.05, 3.63) is 0 Å². The molecule has 66 valence electrons. The van der Waals surface area contributed by atoms with Crippen LogP contribution in [-0.4, -0.2) is 24.3 Å². The van der Waals surface area contributed by atoms with E-state index in [-0.39, 0.29) is 0 Å². The van der Waals surface area contributed by atoms with Gasteiger partial charge in [0, 0.05) is 12.6 Å². The zero-order valence-electron chi connectivity index (χ0n) is 7.34. The molecule has 2 N–H and O–H groups in total. The van der Waals surface area contributed by atoms with E-state index >= 15 is 0 Å². The largest absolute Gasteiger partial charge is 0.396 e. The Hall–Kier alpha value is -0.0800. The first-order valence-corrected chi connectivity index (χ1v) is 4.71. The molecule has 0 saturated carbocycles. The van der Waals surface area contributed by atoms with Gasteiger partial charge in [0.1, 0.15) is 0 Å². The highest BCUT2D eigenvalue weighted by molar-refractivity contribution is 4.76. The molecule has 1 heterocycles. The number of rotatable bonds is 3. The first-order chi connectivity index (χ1) is 5.36. The molecule has 2 nitrogen and oxygen atoms in total. The molecule has 2 heteroatoms. The highest BCUT2D eigenvalue weighted by Crippen LogP contribution is 2.18. The molecule has 0 aromatic heterocycles. The Morgan fingerprint density at radius 1 is 1.45 bits per heavy atom. The lowest BCUT2D eigenvalue weighted by molar-refractivity contribution is 0.229. The lowest BCUT2D eigenvalue weighted by Gasteiger charge is -2.28. The standard InChI is InChI=1S/C9H19NO/c1-2-8-3-4-9(5-6-11)10-7-8/h8-11H,2-7H2,1H3/t8-,9-/m1/s1. The van der Waals surface area contributed by atoms with Crippen LogP contribution in [0.5, 0.6) is 0 Å². The number of piperidine rings is 1. The van der Waals surface area contributed by atoms with Crippen LogP contribution in [0.1, 0.15) is 32.6 Å². The summed E-state index contributed by atoms with van der Waals surface area (Å²) in [7, 11) is 0. The number of hydrogen-bond donors (Lipinski definition) is 2. The fraction of sp³-hybridized carbons (Fsp3) is 1.00. The van der Waals surface area contributed by atoms with E-state index in [1.165, 1.54) is 19.3 Å². The molecule has 0 radical (unpaired) electrons. The third-order valence-corrected chi connectivity index (χ3v) is 2.67. The summed E-state index contributed by atoms with van der Waals surface area (Å²) in [6.45, 7) is 3.73. The maximum Gasteiger partial charge on any atom is 0.0445 e. The van der Waals surface area contributed by atoms with Gasteiger partial charge in [-0.3, -0.25) is 0 Å². The Morgan fingerprint density at radius 2 is 2.27 bits per heavy atom. The quantitative estimate of drug-likeness (QED) is 0.644. The SMILES string of the molecule is CC[C@@H]1CC[C@H](CCO)NC1. The molecule has 0 aromatic carbocycles. The second kappa shape index (κ2) is 4.73. The van der Waals surface area contributed by atoms with E-state index in [2.05, 4.69) is 12.2 Å². The Morgan fingerprint density at radius 3 is 2.73 bits per heavy atom. The number of hydrogen-bond acceptors (Lipinski definition) is 2. The first kappa shape index (κ1) is 9.01. The lowest BCUT2D eigenvalue weighted by Crippen LogP contribution is -2.39. The van der Waals surface area contributed by atoms with E-state index in [9.17, 15) is 0 Å². The monoisotopic (exact) mass is 157 g/mol. The maximum absolute atomic E-state index is 8.70. The molecule has 2 atom stereocenters. The van der Waals surface area contributed by atoms with Crippen molar-refractivity contribution in [2.24, 2.45) is 5.92 Å². The summed E-state index contributed by atoms with van der Waals surface area (Å²) in [5, 5.41) is 12.2. The van der Waals surface area contributed by atoms with E-state index in [4.69, 9.17) is 5.11 Å². The van der Waals surface area contributed by atoms with Crippen LogP contribution >= 0.6 is 0 Å². The van der Waals surface area contributed by atoms with E-state index < -0.39 is 0 Å². The summed E-state index contributed by atoms with van der Waals surface area (Å²) in [4.78, 5) is 0. The van der Waals surface area contributed by atoms with E-state index in [1.807, 2.05) is 0 Å². The summed E-state index contributed by atoms with van der Waals surface area (Å²) in [6.07, 6.45) is 4.81. The summed E-state index contributed by atoms with van der Waals surface area (Å²) in [6, 6.07) is 0.586. The lowest BCUT2D eigenvalue weighted by atomic mass is 9.92. The molecule has 1 saturated heterocycles. The highest BCUT2D eigenvalue weighted by atomic mass is 16.3. The zero-order valence-corrected chi connectivity index (χ0v) is 7.34. The van der Waals surface area contributed by atoms with Gasteiger partial charge in [-0.25, -0.2) is 0 Å². The van der Waals surface area contributed by atoms with E-state index in [1.54, 1.807) is 0 Å². The summed E-state index contributed by atoms with van der Waals surface area (Å²) in [5.41, 5.74) is 0. The van der Waals surface area contributed by atoms with Crippen molar-refractivity contribution in [2.75, 3.05) is 13.2 Å². The van der Waals surface area contributed by atoms with Crippen LogP contribution in [0.4, 0.5) is 0 Å². The van der Waals surface area contributed by atoms with Crippen LogP contribution in [0.2, 0.25) is 0 Å². The van der Waals surface area contributed by atoms with Crippen LogP contribution in [-0.2, 0) is 0 Å². The fourth-order valence-corrected chi connectivity index (χ4v) is 1.73. The molecule has 0 amide bonds. The van der Waals surface area contributed by atoms with Gasteiger partial charge in [0.2, 0.25) is 0 Å². The zero-order chi connectivity index (χ0) is 8.10.